The number of hydrogen-bond donors (Lipinski definition) is 2. The van der Waals surface area contributed by atoms with Crippen molar-refractivity contribution in [3.63, 3.8) is 0 Å². The van der Waals surface area contributed by atoms with E-state index in [1.54, 1.807) is 0 Å². The number of nitrogens with one attached hydrogen (secondary N) is 2. The summed E-state index contributed by atoms with van der Waals surface area (Å²) in [4.78, 5) is 44.1. The van der Waals surface area contributed by atoms with Gasteiger partial charge in [-0.25, -0.2) is 9.50 Å². The molecule has 1 saturated carbocycles. The molecule has 1 atom stereocenters. The van der Waals surface area contributed by atoms with Crippen LogP contribution in [0.5, 0.6) is 0 Å². The van der Waals surface area contributed by atoms with Crippen molar-refractivity contribution in [2.24, 2.45) is 0 Å². The molecule has 8 heteroatoms. The van der Waals surface area contributed by atoms with Crippen LogP contribution in [0.15, 0.2) is 10.9 Å². The number of aromatic nitrogens is 3. The highest BCUT2D eigenvalue weighted by molar-refractivity contribution is 5.77. The Morgan fingerprint density at radius 1 is 1.23 bits per heavy atom. The molecule has 2 N–H and O–H groups in total. The van der Waals surface area contributed by atoms with Crippen molar-refractivity contribution in [3.8, 4) is 0 Å². The molecule has 1 aliphatic heterocycles. The van der Waals surface area contributed by atoms with E-state index in [0.717, 1.165) is 37.9 Å². The number of fused-ring (bicyclic) bond motifs is 1. The van der Waals surface area contributed by atoms with Gasteiger partial charge >= 0.3 is 0 Å². The Morgan fingerprint density at radius 3 is 2.73 bits per heavy atom. The van der Waals surface area contributed by atoms with Gasteiger partial charge in [0.25, 0.3) is 5.56 Å². The number of carbonyl (C=O) groups excluding carboxylic acids is 2. The van der Waals surface area contributed by atoms with Crippen molar-refractivity contribution in [1.29, 1.82) is 0 Å². The van der Waals surface area contributed by atoms with Crippen molar-refractivity contribution in [3.05, 3.63) is 33.4 Å². The Kier molecular flexibility index (Phi) is 5.92. The molecule has 0 aromatic carbocycles. The van der Waals surface area contributed by atoms with E-state index in [-0.39, 0.29) is 35.9 Å². The second-order valence-electron chi connectivity index (χ2n) is 8.53. The van der Waals surface area contributed by atoms with Crippen molar-refractivity contribution >= 4 is 17.5 Å². The van der Waals surface area contributed by atoms with Crippen molar-refractivity contribution in [2.75, 3.05) is 6.54 Å². The first-order valence-corrected chi connectivity index (χ1v) is 11.2. The lowest BCUT2D eigenvalue weighted by Crippen LogP contribution is -2.33. The SMILES string of the molecule is CCC(=O)N1CCC[C@H]1c1cc2nc(C)c(CCC(=O)NC3CCCC3)c(=O)n2[nH]1. The highest BCUT2D eigenvalue weighted by Crippen LogP contribution is 2.31. The van der Waals surface area contributed by atoms with Gasteiger partial charge in [0.1, 0.15) is 0 Å². The Labute approximate surface area is 176 Å². The van der Waals surface area contributed by atoms with E-state index in [1.807, 2.05) is 24.8 Å². The second-order valence-corrected chi connectivity index (χ2v) is 8.53. The third kappa shape index (κ3) is 4.00. The largest absolute Gasteiger partial charge is 0.353 e. The number of rotatable bonds is 6. The van der Waals surface area contributed by atoms with Crippen LogP contribution in [0.25, 0.3) is 5.65 Å². The van der Waals surface area contributed by atoms with Crippen LogP contribution in [0.4, 0.5) is 0 Å². The monoisotopic (exact) mass is 413 g/mol. The van der Waals surface area contributed by atoms with Crippen LogP contribution >= 0.6 is 0 Å². The zero-order valence-corrected chi connectivity index (χ0v) is 17.9. The van der Waals surface area contributed by atoms with Gasteiger partial charge < -0.3 is 10.2 Å². The van der Waals surface area contributed by atoms with E-state index in [4.69, 9.17) is 0 Å². The number of amides is 2. The van der Waals surface area contributed by atoms with E-state index in [2.05, 4.69) is 15.4 Å². The van der Waals surface area contributed by atoms with Crippen LogP contribution < -0.4 is 10.9 Å². The predicted octanol–water partition coefficient (Wildman–Crippen LogP) is 2.40. The lowest BCUT2D eigenvalue weighted by molar-refractivity contribution is -0.131. The van der Waals surface area contributed by atoms with Gasteiger partial charge in [0, 0.05) is 42.8 Å². The van der Waals surface area contributed by atoms with E-state index >= 15 is 0 Å². The van der Waals surface area contributed by atoms with Crippen molar-refractivity contribution in [2.45, 2.75) is 83.7 Å². The molecule has 0 radical (unpaired) electrons. The topological polar surface area (TPSA) is 99.6 Å². The van der Waals surface area contributed by atoms with Crippen LogP contribution in [0, 0.1) is 6.92 Å². The highest BCUT2D eigenvalue weighted by atomic mass is 16.2. The first-order valence-electron chi connectivity index (χ1n) is 11.2. The van der Waals surface area contributed by atoms with Gasteiger partial charge in [-0.3, -0.25) is 19.5 Å². The summed E-state index contributed by atoms with van der Waals surface area (Å²) < 4.78 is 1.46. The molecule has 2 aromatic rings. The Hall–Kier alpha value is -2.64. The summed E-state index contributed by atoms with van der Waals surface area (Å²) in [6, 6.07) is 2.11. The maximum Gasteiger partial charge on any atom is 0.276 e. The summed E-state index contributed by atoms with van der Waals surface area (Å²) in [5, 5.41) is 6.25. The summed E-state index contributed by atoms with van der Waals surface area (Å²) in [6.07, 6.45) is 7.39. The Morgan fingerprint density at radius 2 is 2.00 bits per heavy atom. The minimum Gasteiger partial charge on any atom is -0.353 e. The molecule has 1 saturated heterocycles. The maximum atomic E-state index is 13.1. The standard InChI is InChI=1S/C22H31N5O3/c1-3-21(29)26-12-6-9-18(26)17-13-19-23-14(2)16(22(30)27(19)25-17)10-11-20(28)24-15-7-4-5-8-15/h13,15,18,25H,3-12H2,1-2H3,(H,24,28)/t18-/m0/s1. The van der Waals surface area contributed by atoms with E-state index in [0.29, 0.717) is 29.7 Å². The van der Waals surface area contributed by atoms with Gasteiger partial charge in [-0.15, -0.1) is 0 Å². The molecule has 2 fully saturated rings. The average molecular weight is 414 g/mol. The molecule has 4 rings (SSSR count). The zero-order chi connectivity index (χ0) is 21.3. The molecular formula is C22H31N5O3. The molecule has 2 amide bonds. The van der Waals surface area contributed by atoms with Crippen molar-refractivity contribution < 1.29 is 9.59 Å². The normalized spacial score (nSPS) is 19.7. The van der Waals surface area contributed by atoms with Gasteiger partial charge in [0.2, 0.25) is 11.8 Å². The smallest absolute Gasteiger partial charge is 0.276 e. The van der Waals surface area contributed by atoms with Crippen LogP contribution in [-0.2, 0) is 16.0 Å². The van der Waals surface area contributed by atoms with Crippen LogP contribution in [0.2, 0.25) is 0 Å². The summed E-state index contributed by atoms with van der Waals surface area (Å²) in [5.74, 6) is 0.124. The molecular weight excluding hydrogens is 382 g/mol. The van der Waals surface area contributed by atoms with Gasteiger partial charge in [-0.1, -0.05) is 19.8 Å². The summed E-state index contributed by atoms with van der Waals surface area (Å²) >= 11 is 0. The number of aryl methyl sites for hydroxylation is 1. The Balaban J connectivity index is 1.53. The quantitative estimate of drug-likeness (QED) is 0.759. The van der Waals surface area contributed by atoms with Gasteiger partial charge in [0.05, 0.1) is 11.7 Å². The van der Waals surface area contributed by atoms with Crippen molar-refractivity contribution in [1.82, 2.24) is 24.8 Å². The number of aromatic amines is 1. The molecule has 1 aliphatic carbocycles. The molecule has 0 bridgehead atoms. The fourth-order valence-electron chi connectivity index (χ4n) is 4.85. The van der Waals surface area contributed by atoms with E-state index in [1.165, 1.54) is 17.4 Å². The minimum absolute atomic E-state index is 0.00218. The molecule has 2 aromatic heterocycles. The lowest BCUT2D eigenvalue weighted by atomic mass is 10.1. The van der Waals surface area contributed by atoms with Gasteiger partial charge in [-0.05, 0) is 39.0 Å². The number of H-pyrrole nitrogens is 1. The van der Waals surface area contributed by atoms with E-state index < -0.39 is 0 Å². The number of likely N-dealkylation sites (tertiary alicyclic amines) is 1. The molecule has 0 spiro atoms. The lowest BCUT2D eigenvalue weighted by Gasteiger charge is -2.23. The summed E-state index contributed by atoms with van der Waals surface area (Å²) in [6.45, 7) is 4.43. The fraction of sp³-hybridized carbons (Fsp3) is 0.636. The molecule has 2 aliphatic rings. The third-order valence-corrected chi connectivity index (χ3v) is 6.49. The molecule has 162 valence electrons. The minimum atomic E-state index is -0.163. The van der Waals surface area contributed by atoms with Crippen LogP contribution in [0.3, 0.4) is 0 Å². The van der Waals surface area contributed by atoms with E-state index in [9.17, 15) is 14.4 Å². The van der Waals surface area contributed by atoms with Gasteiger partial charge in [0.15, 0.2) is 5.65 Å². The molecule has 0 unspecified atom stereocenters. The predicted molar refractivity (Wildman–Crippen MR) is 113 cm³/mol. The van der Waals surface area contributed by atoms with Gasteiger partial charge in [-0.2, -0.15) is 0 Å². The first-order chi connectivity index (χ1) is 14.5. The third-order valence-electron chi connectivity index (χ3n) is 6.49. The van der Waals surface area contributed by atoms with Crippen LogP contribution in [-0.4, -0.2) is 43.9 Å². The van der Waals surface area contributed by atoms with Crippen LogP contribution in [0.1, 0.15) is 81.3 Å². The molecule has 30 heavy (non-hydrogen) atoms. The number of carbonyl (C=O) groups is 2. The zero-order valence-electron chi connectivity index (χ0n) is 17.9. The molecule has 8 nitrogen and oxygen atoms in total. The second kappa shape index (κ2) is 8.62. The number of hydrogen-bond acceptors (Lipinski definition) is 4. The molecule has 3 heterocycles. The number of nitrogens with zero attached hydrogens (tertiary/aromatic N) is 3. The summed E-state index contributed by atoms with van der Waals surface area (Å²) in [7, 11) is 0. The Bertz CT molecular complexity index is 1000. The maximum absolute atomic E-state index is 13.1. The average Bonchev–Trinajstić information content (AvgIpc) is 3.47. The fourth-order valence-corrected chi connectivity index (χ4v) is 4.85. The first kappa shape index (κ1) is 20.6. The summed E-state index contributed by atoms with van der Waals surface area (Å²) in [5.41, 5.74) is 2.46. The highest BCUT2D eigenvalue weighted by Gasteiger charge is 2.30.